The number of benzene rings is 1. The molecule has 0 fully saturated rings. The molecule has 0 bridgehead atoms. The molecule has 1 aromatic carbocycles. The molecule has 1 unspecified atom stereocenters. The first-order valence-corrected chi connectivity index (χ1v) is 4.01. The summed E-state index contributed by atoms with van der Waals surface area (Å²) in [6.07, 6.45) is 1.73. The van der Waals surface area contributed by atoms with Crippen LogP contribution in [0.4, 0.5) is 0 Å². The molecule has 1 heteroatoms. The molecule has 0 saturated heterocycles. The Balaban J connectivity index is 2.89. The SMILES string of the molecule is C=CC(Cl)c1ccc(C)cc1. The molecule has 1 atom stereocenters. The van der Waals surface area contributed by atoms with Gasteiger partial charge in [0.05, 0.1) is 5.38 Å². The molecule has 0 saturated carbocycles. The maximum Gasteiger partial charge on any atom is 0.0763 e. The molecule has 0 heterocycles. The van der Waals surface area contributed by atoms with Crippen molar-refractivity contribution in [3.05, 3.63) is 48.0 Å². The number of allylic oxidation sites excluding steroid dienone is 1. The Kier molecular flexibility index (Phi) is 2.72. The zero-order valence-corrected chi connectivity index (χ0v) is 7.31. The Labute approximate surface area is 72.5 Å². The van der Waals surface area contributed by atoms with Crippen molar-refractivity contribution < 1.29 is 0 Å². The van der Waals surface area contributed by atoms with Crippen molar-refractivity contribution in [3.8, 4) is 0 Å². The largest absolute Gasteiger partial charge is 0.113 e. The van der Waals surface area contributed by atoms with Gasteiger partial charge in [0, 0.05) is 0 Å². The van der Waals surface area contributed by atoms with Crippen molar-refractivity contribution in [2.24, 2.45) is 0 Å². The van der Waals surface area contributed by atoms with Crippen molar-refractivity contribution in [1.82, 2.24) is 0 Å². The first-order valence-electron chi connectivity index (χ1n) is 3.57. The third kappa shape index (κ3) is 2.09. The smallest absolute Gasteiger partial charge is 0.0763 e. The van der Waals surface area contributed by atoms with E-state index in [1.165, 1.54) is 5.56 Å². The minimum absolute atomic E-state index is 0.0596. The summed E-state index contributed by atoms with van der Waals surface area (Å²) in [5, 5.41) is -0.0596. The first kappa shape index (κ1) is 8.35. The van der Waals surface area contributed by atoms with Crippen LogP contribution in [0.2, 0.25) is 0 Å². The minimum atomic E-state index is -0.0596. The number of rotatable bonds is 2. The van der Waals surface area contributed by atoms with E-state index in [-0.39, 0.29) is 5.38 Å². The molecule has 0 aliphatic heterocycles. The van der Waals surface area contributed by atoms with E-state index in [1.807, 2.05) is 24.3 Å². The summed E-state index contributed by atoms with van der Waals surface area (Å²) in [5.74, 6) is 0. The van der Waals surface area contributed by atoms with Crippen LogP contribution in [0.25, 0.3) is 0 Å². The fraction of sp³-hybridized carbons (Fsp3) is 0.200. The van der Waals surface area contributed by atoms with Crippen LogP contribution in [0.15, 0.2) is 36.9 Å². The van der Waals surface area contributed by atoms with Gasteiger partial charge in [-0.15, -0.1) is 18.2 Å². The lowest BCUT2D eigenvalue weighted by atomic mass is 10.1. The molecule has 58 valence electrons. The molecule has 11 heavy (non-hydrogen) atoms. The van der Waals surface area contributed by atoms with Crippen molar-refractivity contribution in [2.75, 3.05) is 0 Å². The highest BCUT2D eigenvalue weighted by Crippen LogP contribution is 2.20. The predicted molar refractivity (Wildman–Crippen MR) is 50.0 cm³/mol. The highest BCUT2D eigenvalue weighted by molar-refractivity contribution is 6.21. The first-order chi connectivity index (χ1) is 5.24. The lowest BCUT2D eigenvalue weighted by molar-refractivity contribution is 1.21. The zero-order chi connectivity index (χ0) is 8.27. The van der Waals surface area contributed by atoms with E-state index in [0.717, 1.165) is 5.56 Å². The molecule has 1 aromatic rings. The quantitative estimate of drug-likeness (QED) is 0.466. The monoisotopic (exact) mass is 166 g/mol. The summed E-state index contributed by atoms with van der Waals surface area (Å²) in [6.45, 7) is 5.68. The molecular formula is C10H11Cl. The van der Waals surface area contributed by atoms with Gasteiger partial charge in [-0.3, -0.25) is 0 Å². The second kappa shape index (κ2) is 3.59. The standard InChI is InChI=1S/C10H11Cl/c1-3-10(11)9-6-4-8(2)5-7-9/h3-7,10H,1H2,2H3. The summed E-state index contributed by atoms with van der Waals surface area (Å²) in [7, 11) is 0. The molecule has 0 radical (unpaired) electrons. The van der Waals surface area contributed by atoms with Crippen LogP contribution in [0, 0.1) is 6.92 Å². The Morgan fingerprint density at radius 1 is 1.36 bits per heavy atom. The van der Waals surface area contributed by atoms with E-state index < -0.39 is 0 Å². The van der Waals surface area contributed by atoms with Gasteiger partial charge in [-0.05, 0) is 12.5 Å². The average molecular weight is 167 g/mol. The molecule has 0 aliphatic rings. The molecule has 0 aromatic heterocycles. The number of hydrogen-bond donors (Lipinski definition) is 0. The topological polar surface area (TPSA) is 0 Å². The van der Waals surface area contributed by atoms with Crippen LogP contribution in [0.5, 0.6) is 0 Å². The van der Waals surface area contributed by atoms with Crippen LogP contribution in [-0.2, 0) is 0 Å². The summed E-state index contributed by atoms with van der Waals surface area (Å²) in [4.78, 5) is 0. The van der Waals surface area contributed by atoms with Crippen molar-refractivity contribution in [1.29, 1.82) is 0 Å². The van der Waals surface area contributed by atoms with Crippen molar-refractivity contribution >= 4 is 11.6 Å². The summed E-state index contributed by atoms with van der Waals surface area (Å²) >= 11 is 5.92. The van der Waals surface area contributed by atoms with Gasteiger partial charge in [-0.1, -0.05) is 35.9 Å². The predicted octanol–water partition coefficient (Wildman–Crippen LogP) is 3.46. The van der Waals surface area contributed by atoms with Crippen LogP contribution in [-0.4, -0.2) is 0 Å². The van der Waals surface area contributed by atoms with Gasteiger partial charge in [-0.2, -0.15) is 0 Å². The zero-order valence-electron chi connectivity index (χ0n) is 6.55. The molecule has 0 aliphatic carbocycles. The molecule has 0 amide bonds. The number of halogens is 1. The summed E-state index contributed by atoms with van der Waals surface area (Å²) in [5.41, 5.74) is 2.36. The van der Waals surface area contributed by atoms with Gasteiger partial charge in [0.15, 0.2) is 0 Å². The van der Waals surface area contributed by atoms with Crippen LogP contribution < -0.4 is 0 Å². The lowest BCUT2D eigenvalue weighted by Gasteiger charge is -2.03. The molecule has 0 N–H and O–H groups in total. The number of hydrogen-bond acceptors (Lipinski definition) is 0. The molecule has 1 rings (SSSR count). The second-order valence-corrected chi connectivity index (χ2v) is 3.02. The van der Waals surface area contributed by atoms with Gasteiger partial charge in [-0.25, -0.2) is 0 Å². The maximum absolute atomic E-state index is 5.92. The van der Waals surface area contributed by atoms with Crippen LogP contribution in [0.3, 0.4) is 0 Å². The lowest BCUT2D eigenvalue weighted by Crippen LogP contribution is -1.84. The maximum atomic E-state index is 5.92. The summed E-state index contributed by atoms with van der Waals surface area (Å²) in [6, 6.07) is 8.14. The Morgan fingerprint density at radius 2 is 1.91 bits per heavy atom. The van der Waals surface area contributed by atoms with E-state index in [1.54, 1.807) is 6.08 Å². The van der Waals surface area contributed by atoms with Crippen molar-refractivity contribution in [2.45, 2.75) is 12.3 Å². The van der Waals surface area contributed by atoms with Gasteiger partial charge in [0.2, 0.25) is 0 Å². The fourth-order valence-corrected chi connectivity index (χ4v) is 1.03. The highest BCUT2D eigenvalue weighted by atomic mass is 35.5. The normalized spacial score (nSPS) is 12.5. The van der Waals surface area contributed by atoms with Crippen LogP contribution >= 0.6 is 11.6 Å². The van der Waals surface area contributed by atoms with E-state index in [9.17, 15) is 0 Å². The third-order valence-corrected chi connectivity index (χ3v) is 2.03. The van der Waals surface area contributed by atoms with Gasteiger partial charge < -0.3 is 0 Å². The Hall–Kier alpha value is -0.750. The van der Waals surface area contributed by atoms with E-state index in [4.69, 9.17) is 11.6 Å². The van der Waals surface area contributed by atoms with Gasteiger partial charge >= 0.3 is 0 Å². The Morgan fingerprint density at radius 3 is 2.36 bits per heavy atom. The van der Waals surface area contributed by atoms with Gasteiger partial charge in [0.25, 0.3) is 0 Å². The minimum Gasteiger partial charge on any atom is -0.113 e. The number of alkyl halides is 1. The Bertz CT molecular complexity index is 236. The van der Waals surface area contributed by atoms with E-state index in [2.05, 4.69) is 13.5 Å². The van der Waals surface area contributed by atoms with E-state index >= 15 is 0 Å². The average Bonchev–Trinajstić information content (AvgIpc) is 2.05. The second-order valence-electron chi connectivity index (χ2n) is 2.55. The number of aryl methyl sites for hydroxylation is 1. The van der Waals surface area contributed by atoms with Crippen molar-refractivity contribution in [3.63, 3.8) is 0 Å². The van der Waals surface area contributed by atoms with Gasteiger partial charge in [0.1, 0.15) is 0 Å². The fourth-order valence-electron chi connectivity index (χ4n) is 0.886. The highest BCUT2D eigenvalue weighted by Gasteiger charge is 2.00. The molecule has 0 nitrogen and oxygen atoms in total. The molecular weight excluding hydrogens is 156 g/mol. The summed E-state index contributed by atoms with van der Waals surface area (Å²) < 4.78 is 0. The molecule has 0 spiro atoms. The van der Waals surface area contributed by atoms with Crippen LogP contribution in [0.1, 0.15) is 16.5 Å². The van der Waals surface area contributed by atoms with E-state index in [0.29, 0.717) is 0 Å². The third-order valence-electron chi connectivity index (χ3n) is 1.60.